The zero-order valence-electron chi connectivity index (χ0n) is 9.08. The van der Waals surface area contributed by atoms with Crippen molar-refractivity contribution in [3.05, 3.63) is 0 Å². The minimum absolute atomic E-state index is 0.00745. The molecule has 1 rings (SSSR count). The predicted molar refractivity (Wildman–Crippen MR) is 54.6 cm³/mol. The Morgan fingerprint density at radius 3 is 2.93 bits per heavy atom. The van der Waals surface area contributed by atoms with E-state index in [-0.39, 0.29) is 11.8 Å². The van der Waals surface area contributed by atoms with Gasteiger partial charge in [0.15, 0.2) is 0 Å². The third kappa shape index (κ3) is 3.27. The summed E-state index contributed by atoms with van der Waals surface area (Å²) in [6.07, 6.45) is 2.12. The summed E-state index contributed by atoms with van der Waals surface area (Å²) in [4.78, 5) is 17.1. The minimum Gasteiger partial charge on any atom is -0.316 e. The molecule has 1 aliphatic rings. The number of hydroxylamine groups is 2. The Hall–Kier alpha value is -0.610. The number of hydrogen-bond acceptors (Lipinski definition) is 3. The SMILES string of the molecule is CCNCC(C)C(=O)N1CCCCO1. The molecule has 4 nitrogen and oxygen atoms in total. The lowest BCUT2D eigenvalue weighted by molar-refractivity contribution is -0.200. The second kappa shape index (κ2) is 5.98. The van der Waals surface area contributed by atoms with Crippen molar-refractivity contribution >= 4 is 5.91 Å². The first-order valence-corrected chi connectivity index (χ1v) is 5.40. The van der Waals surface area contributed by atoms with Gasteiger partial charge >= 0.3 is 0 Å². The van der Waals surface area contributed by atoms with E-state index in [9.17, 15) is 4.79 Å². The average Bonchev–Trinajstić information content (AvgIpc) is 2.26. The fourth-order valence-electron chi connectivity index (χ4n) is 1.46. The van der Waals surface area contributed by atoms with E-state index in [1.54, 1.807) is 0 Å². The molecular formula is C10H20N2O2. The summed E-state index contributed by atoms with van der Waals surface area (Å²) >= 11 is 0. The Morgan fingerprint density at radius 1 is 1.57 bits per heavy atom. The number of nitrogens with one attached hydrogen (secondary N) is 1. The zero-order chi connectivity index (χ0) is 10.4. The largest absolute Gasteiger partial charge is 0.316 e. The number of nitrogens with zero attached hydrogens (tertiary/aromatic N) is 1. The van der Waals surface area contributed by atoms with Gasteiger partial charge < -0.3 is 5.32 Å². The van der Waals surface area contributed by atoms with Gasteiger partial charge in [0.2, 0.25) is 5.91 Å². The Balaban J connectivity index is 2.30. The first-order valence-electron chi connectivity index (χ1n) is 5.40. The molecule has 1 N–H and O–H groups in total. The standard InChI is InChI=1S/C10H20N2O2/c1-3-11-8-9(2)10(13)12-6-4-5-7-14-12/h9,11H,3-8H2,1-2H3. The smallest absolute Gasteiger partial charge is 0.250 e. The lowest BCUT2D eigenvalue weighted by atomic mass is 10.1. The molecule has 1 aliphatic heterocycles. The van der Waals surface area contributed by atoms with Crippen molar-refractivity contribution in [1.82, 2.24) is 10.4 Å². The van der Waals surface area contributed by atoms with E-state index in [1.807, 2.05) is 13.8 Å². The molecule has 1 unspecified atom stereocenters. The van der Waals surface area contributed by atoms with Crippen molar-refractivity contribution in [2.45, 2.75) is 26.7 Å². The molecule has 1 fully saturated rings. The van der Waals surface area contributed by atoms with Crippen LogP contribution >= 0.6 is 0 Å². The van der Waals surface area contributed by atoms with Crippen LogP contribution in [-0.2, 0) is 9.63 Å². The van der Waals surface area contributed by atoms with Crippen molar-refractivity contribution in [2.24, 2.45) is 5.92 Å². The molecule has 4 heteroatoms. The number of carbonyl (C=O) groups is 1. The normalized spacial score (nSPS) is 19.4. The number of amides is 1. The summed E-state index contributed by atoms with van der Waals surface area (Å²) in [5.74, 6) is 0.110. The maximum absolute atomic E-state index is 11.8. The first kappa shape index (κ1) is 11.5. The molecule has 0 bridgehead atoms. The summed E-state index contributed by atoms with van der Waals surface area (Å²) in [7, 11) is 0. The Kier molecular flexibility index (Phi) is 4.90. The molecule has 0 radical (unpaired) electrons. The third-order valence-corrected chi connectivity index (χ3v) is 2.37. The van der Waals surface area contributed by atoms with E-state index in [0.717, 1.165) is 32.5 Å². The van der Waals surface area contributed by atoms with Crippen LogP contribution in [-0.4, -0.2) is 37.2 Å². The van der Waals surface area contributed by atoms with E-state index < -0.39 is 0 Å². The van der Waals surface area contributed by atoms with Gasteiger partial charge in [-0.3, -0.25) is 9.63 Å². The number of rotatable bonds is 4. The average molecular weight is 200 g/mol. The fourth-order valence-corrected chi connectivity index (χ4v) is 1.46. The third-order valence-electron chi connectivity index (χ3n) is 2.37. The zero-order valence-corrected chi connectivity index (χ0v) is 9.08. The highest BCUT2D eigenvalue weighted by molar-refractivity contribution is 5.77. The molecular weight excluding hydrogens is 180 g/mol. The molecule has 0 aromatic heterocycles. The van der Waals surface area contributed by atoms with Gasteiger partial charge in [0, 0.05) is 19.0 Å². The Morgan fingerprint density at radius 2 is 2.36 bits per heavy atom. The predicted octanol–water partition coefficient (Wildman–Crippen LogP) is 0.786. The van der Waals surface area contributed by atoms with Crippen LogP contribution in [0.15, 0.2) is 0 Å². The summed E-state index contributed by atoms with van der Waals surface area (Å²) in [5.41, 5.74) is 0. The van der Waals surface area contributed by atoms with Gasteiger partial charge in [-0.1, -0.05) is 13.8 Å². The first-order chi connectivity index (χ1) is 6.75. The van der Waals surface area contributed by atoms with E-state index >= 15 is 0 Å². The number of hydrogen-bond donors (Lipinski definition) is 1. The van der Waals surface area contributed by atoms with Crippen LogP contribution in [0.4, 0.5) is 0 Å². The highest BCUT2D eigenvalue weighted by Gasteiger charge is 2.22. The van der Waals surface area contributed by atoms with Crippen LogP contribution in [0.2, 0.25) is 0 Å². The molecule has 0 aliphatic carbocycles. The van der Waals surface area contributed by atoms with E-state index in [2.05, 4.69) is 5.32 Å². The Labute approximate surface area is 85.6 Å². The lowest BCUT2D eigenvalue weighted by Gasteiger charge is -2.28. The van der Waals surface area contributed by atoms with Crippen molar-refractivity contribution in [3.8, 4) is 0 Å². The van der Waals surface area contributed by atoms with Gasteiger partial charge in [-0.15, -0.1) is 0 Å². The van der Waals surface area contributed by atoms with Gasteiger partial charge in [0.05, 0.1) is 6.61 Å². The van der Waals surface area contributed by atoms with E-state index in [4.69, 9.17) is 4.84 Å². The summed E-state index contributed by atoms with van der Waals surface area (Å²) in [5, 5.41) is 4.68. The monoisotopic (exact) mass is 200 g/mol. The minimum atomic E-state index is 0.00745. The molecule has 0 aromatic carbocycles. The molecule has 0 aromatic rings. The fraction of sp³-hybridized carbons (Fsp3) is 0.900. The molecule has 1 amide bonds. The van der Waals surface area contributed by atoms with Gasteiger partial charge in [0.1, 0.15) is 0 Å². The second-order valence-electron chi connectivity index (χ2n) is 3.69. The van der Waals surface area contributed by atoms with Crippen molar-refractivity contribution < 1.29 is 9.63 Å². The van der Waals surface area contributed by atoms with Gasteiger partial charge in [-0.05, 0) is 19.4 Å². The molecule has 1 heterocycles. The highest BCUT2D eigenvalue weighted by Crippen LogP contribution is 2.09. The van der Waals surface area contributed by atoms with Crippen molar-refractivity contribution in [3.63, 3.8) is 0 Å². The molecule has 1 atom stereocenters. The van der Waals surface area contributed by atoms with E-state index in [1.165, 1.54) is 5.06 Å². The molecule has 0 saturated carbocycles. The quantitative estimate of drug-likeness (QED) is 0.729. The molecule has 82 valence electrons. The maximum Gasteiger partial charge on any atom is 0.250 e. The second-order valence-corrected chi connectivity index (χ2v) is 3.69. The molecule has 14 heavy (non-hydrogen) atoms. The lowest BCUT2D eigenvalue weighted by Crippen LogP contribution is -2.41. The van der Waals surface area contributed by atoms with Crippen molar-refractivity contribution in [1.29, 1.82) is 0 Å². The van der Waals surface area contributed by atoms with Crippen molar-refractivity contribution in [2.75, 3.05) is 26.2 Å². The van der Waals surface area contributed by atoms with E-state index in [0.29, 0.717) is 6.61 Å². The highest BCUT2D eigenvalue weighted by atomic mass is 16.7. The van der Waals surface area contributed by atoms with Crippen LogP contribution < -0.4 is 5.32 Å². The molecule has 0 spiro atoms. The summed E-state index contributed by atoms with van der Waals surface area (Å²) in [6, 6.07) is 0. The summed E-state index contributed by atoms with van der Waals surface area (Å²) < 4.78 is 0. The Bertz CT molecular complexity index is 179. The number of carbonyl (C=O) groups excluding carboxylic acids is 1. The van der Waals surface area contributed by atoms with Crippen LogP contribution in [0.5, 0.6) is 0 Å². The topological polar surface area (TPSA) is 41.6 Å². The maximum atomic E-state index is 11.8. The van der Waals surface area contributed by atoms with Gasteiger partial charge in [0.25, 0.3) is 0 Å². The van der Waals surface area contributed by atoms with Crippen LogP contribution in [0.3, 0.4) is 0 Å². The van der Waals surface area contributed by atoms with Crippen LogP contribution in [0.1, 0.15) is 26.7 Å². The van der Waals surface area contributed by atoms with Crippen LogP contribution in [0.25, 0.3) is 0 Å². The molecule has 1 saturated heterocycles. The summed E-state index contributed by atoms with van der Waals surface area (Å²) in [6.45, 7) is 7.03. The van der Waals surface area contributed by atoms with Gasteiger partial charge in [-0.25, -0.2) is 5.06 Å². The van der Waals surface area contributed by atoms with Gasteiger partial charge in [-0.2, -0.15) is 0 Å². The van der Waals surface area contributed by atoms with Crippen LogP contribution in [0, 0.1) is 5.92 Å².